The van der Waals surface area contributed by atoms with Gasteiger partial charge in [-0.05, 0) is 18.2 Å². The average Bonchev–Trinajstić information content (AvgIpc) is 3.21. The SMILES string of the molecule is O=C1CC(Sc2n[nH]c(-c3ccccc3)n2)C(=O)N1c1cccc(F)c1. The van der Waals surface area contributed by atoms with Crippen LogP contribution in [0, 0.1) is 5.82 Å². The number of benzene rings is 2. The average molecular weight is 368 g/mol. The van der Waals surface area contributed by atoms with Gasteiger partial charge in [0.15, 0.2) is 5.82 Å². The second-order valence-electron chi connectivity index (χ2n) is 5.69. The number of carbonyl (C=O) groups excluding carboxylic acids is 2. The molecule has 1 fully saturated rings. The van der Waals surface area contributed by atoms with Gasteiger partial charge in [-0.3, -0.25) is 14.7 Å². The van der Waals surface area contributed by atoms with Crippen molar-refractivity contribution in [2.45, 2.75) is 16.8 Å². The number of rotatable bonds is 4. The molecule has 1 N–H and O–H groups in total. The second kappa shape index (κ2) is 6.72. The summed E-state index contributed by atoms with van der Waals surface area (Å²) in [6.07, 6.45) is 0.0230. The lowest BCUT2D eigenvalue weighted by molar-refractivity contribution is -0.121. The lowest BCUT2D eigenvalue weighted by Gasteiger charge is -2.14. The highest BCUT2D eigenvalue weighted by Gasteiger charge is 2.41. The van der Waals surface area contributed by atoms with Crippen LogP contribution in [-0.4, -0.2) is 32.2 Å². The standard InChI is InChI=1S/C18H13FN4O2S/c19-12-7-4-8-13(9-12)23-15(24)10-14(17(23)25)26-18-20-16(21-22-18)11-5-2-1-3-6-11/h1-9,14H,10H2,(H,20,21,22). The van der Waals surface area contributed by atoms with E-state index in [2.05, 4.69) is 15.2 Å². The number of hydrogen-bond acceptors (Lipinski definition) is 5. The number of nitrogens with one attached hydrogen (secondary N) is 1. The van der Waals surface area contributed by atoms with E-state index in [-0.39, 0.29) is 18.0 Å². The van der Waals surface area contributed by atoms with Crippen molar-refractivity contribution < 1.29 is 14.0 Å². The van der Waals surface area contributed by atoms with Gasteiger partial charge in [-0.2, -0.15) is 0 Å². The summed E-state index contributed by atoms with van der Waals surface area (Å²) in [6.45, 7) is 0. The minimum absolute atomic E-state index is 0.0230. The molecule has 1 unspecified atom stereocenters. The molecular formula is C18H13FN4O2S. The number of aromatic amines is 1. The van der Waals surface area contributed by atoms with Crippen LogP contribution in [0.3, 0.4) is 0 Å². The maximum Gasteiger partial charge on any atom is 0.247 e. The normalized spacial score (nSPS) is 17.1. The monoisotopic (exact) mass is 368 g/mol. The molecule has 8 heteroatoms. The number of amides is 2. The largest absolute Gasteiger partial charge is 0.274 e. The fourth-order valence-electron chi connectivity index (χ4n) is 2.73. The van der Waals surface area contributed by atoms with Crippen LogP contribution in [0.1, 0.15) is 6.42 Å². The van der Waals surface area contributed by atoms with Gasteiger partial charge in [0.2, 0.25) is 17.0 Å². The first-order valence-electron chi connectivity index (χ1n) is 7.88. The van der Waals surface area contributed by atoms with Gasteiger partial charge in [-0.25, -0.2) is 14.3 Å². The number of aromatic nitrogens is 3. The summed E-state index contributed by atoms with van der Waals surface area (Å²) in [5.41, 5.74) is 1.12. The third-order valence-electron chi connectivity index (χ3n) is 3.93. The maximum absolute atomic E-state index is 13.4. The summed E-state index contributed by atoms with van der Waals surface area (Å²) < 4.78 is 13.4. The Kier molecular flexibility index (Phi) is 4.26. The molecule has 1 aliphatic heterocycles. The highest BCUT2D eigenvalue weighted by Crippen LogP contribution is 2.33. The molecule has 1 aromatic heterocycles. The number of H-pyrrole nitrogens is 1. The van der Waals surface area contributed by atoms with Crippen LogP contribution in [0.5, 0.6) is 0 Å². The molecule has 2 amide bonds. The number of hydrogen-bond donors (Lipinski definition) is 1. The number of halogens is 1. The van der Waals surface area contributed by atoms with Crippen molar-refractivity contribution >= 4 is 29.3 Å². The van der Waals surface area contributed by atoms with Crippen molar-refractivity contribution in [3.05, 3.63) is 60.4 Å². The van der Waals surface area contributed by atoms with E-state index in [0.717, 1.165) is 22.2 Å². The molecule has 1 saturated heterocycles. The molecule has 130 valence electrons. The van der Waals surface area contributed by atoms with E-state index in [1.54, 1.807) is 0 Å². The van der Waals surface area contributed by atoms with Gasteiger partial charge in [0.25, 0.3) is 0 Å². The van der Waals surface area contributed by atoms with Crippen molar-refractivity contribution in [1.82, 2.24) is 15.2 Å². The Morgan fingerprint density at radius 3 is 2.69 bits per heavy atom. The summed E-state index contributed by atoms with van der Waals surface area (Å²) in [6, 6.07) is 14.9. The molecule has 0 spiro atoms. The lowest BCUT2D eigenvalue weighted by atomic mass is 10.2. The predicted molar refractivity (Wildman–Crippen MR) is 95.0 cm³/mol. The number of thioether (sulfide) groups is 1. The van der Waals surface area contributed by atoms with Crippen LogP contribution in [0.4, 0.5) is 10.1 Å². The molecule has 0 aliphatic carbocycles. The second-order valence-corrected chi connectivity index (χ2v) is 6.86. The molecular weight excluding hydrogens is 355 g/mol. The van der Waals surface area contributed by atoms with Gasteiger partial charge < -0.3 is 0 Å². The summed E-state index contributed by atoms with van der Waals surface area (Å²) in [5.74, 6) is -0.666. The summed E-state index contributed by atoms with van der Waals surface area (Å²) in [7, 11) is 0. The third-order valence-corrected chi connectivity index (χ3v) is 4.98. The minimum Gasteiger partial charge on any atom is -0.274 e. The van der Waals surface area contributed by atoms with E-state index < -0.39 is 17.0 Å². The van der Waals surface area contributed by atoms with Gasteiger partial charge in [-0.15, -0.1) is 5.10 Å². The Labute approximate surface area is 152 Å². The predicted octanol–water partition coefficient (Wildman–Crippen LogP) is 3.04. The zero-order chi connectivity index (χ0) is 18.1. The van der Waals surface area contributed by atoms with Crippen LogP contribution in [0.15, 0.2) is 59.8 Å². The zero-order valence-corrected chi connectivity index (χ0v) is 14.2. The van der Waals surface area contributed by atoms with Crippen molar-refractivity contribution in [2.75, 3.05) is 4.90 Å². The van der Waals surface area contributed by atoms with Gasteiger partial charge >= 0.3 is 0 Å². The van der Waals surface area contributed by atoms with E-state index in [0.29, 0.717) is 11.0 Å². The zero-order valence-electron chi connectivity index (χ0n) is 13.4. The third kappa shape index (κ3) is 3.11. The topological polar surface area (TPSA) is 79.0 Å². The minimum atomic E-state index is -0.634. The summed E-state index contributed by atoms with van der Waals surface area (Å²) in [5, 5.41) is 6.69. The van der Waals surface area contributed by atoms with Gasteiger partial charge in [0, 0.05) is 12.0 Å². The van der Waals surface area contributed by atoms with Gasteiger partial charge in [-0.1, -0.05) is 48.2 Å². The van der Waals surface area contributed by atoms with Crippen LogP contribution in [0.2, 0.25) is 0 Å². The van der Waals surface area contributed by atoms with Crippen molar-refractivity contribution in [2.24, 2.45) is 0 Å². The highest BCUT2D eigenvalue weighted by atomic mass is 32.2. The first-order chi connectivity index (χ1) is 12.6. The molecule has 0 radical (unpaired) electrons. The van der Waals surface area contributed by atoms with Crippen LogP contribution in [-0.2, 0) is 9.59 Å². The molecule has 26 heavy (non-hydrogen) atoms. The molecule has 1 atom stereocenters. The first-order valence-corrected chi connectivity index (χ1v) is 8.76. The number of anilines is 1. The molecule has 0 bridgehead atoms. The van der Waals surface area contributed by atoms with Crippen LogP contribution < -0.4 is 4.90 Å². The lowest BCUT2D eigenvalue weighted by Crippen LogP contribution is -2.31. The Morgan fingerprint density at radius 2 is 1.92 bits per heavy atom. The molecule has 2 heterocycles. The number of carbonyl (C=O) groups is 2. The molecule has 0 saturated carbocycles. The molecule has 4 rings (SSSR count). The first kappa shape index (κ1) is 16.5. The fourth-order valence-corrected chi connectivity index (χ4v) is 3.66. The van der Waals surface area contributed by atoms with Crippen LogP contribution in [0.25, 0.3) is 11.4 Å². The Bertz CT molecular complexity index is 976. The van der Waals surface area contributed by atoms with Crippen LogP contribution >= 0.6 is 11.8 Å². The molecule has 3 aromatic rings. The van der Waals surface area contributed by atoms with Gasteiger partial charge in [0.1, 0.15) is 11.1 Å². The van der Waals surface area contributed by atoms with E-state index in [1.165, 1.54) is 24.3 Å². The Hall–Kier alpha value is -3.00. The number of nitrogens with zero attached hydrogens (tertiary/aromatic N) is 3. The van der Waals surface area contributed by atoms with Crippen molar-refractivity contribution in [3.8, 4) is 11.4 Å². The van der Waals surface area contributed by atoms with Gasteiger partial charge in [0.05, 0.1) is 5.69 Å². The maximum atomic E-state index is 13.4. The number of imide groups is 1. The van der Waals surface area contributed by atoms with E-state index in [4.69, 9.17) is 0 Å². The summed E-state index contributed by atoms with van der Waals surface area (Å²) in [4.78, 5) is 30.2. The highest BCUT2D eigenvalue weighted by molar-refractivity contribution is 8.00. The van der Waals surface area contributed by atoms with Crippen molar-refractivity contribution in [1.29, 1.82) is 0 Å². The quantitative estimate of drug-likeness (QED) is 0.716. The molecule has 6 nitrogen and oxygen atoms in total. The summed E-state index contributed by atoms with van der Waals surface area (Å²) >= 11 is 1.12. The van der Waals surface area contributed by atoms with Crippen molar-refractivity contribution in [3.63, 3.8) is 0 Å². The van der Waals surface area contributed by atoms with E-state index in [9.17, 15) is 14.0 Å². The van der Waals surface area contributed by atoms with E-state index >= 15 is 0 Å². The molecule has 1 aliphatic rings. The fraction of sp³-hybridized carbons (Fsp3) is 0.111. The molecule has 2 aromatic carbocycles. The smallest absolute Gasteiger partial charge is 0.247 e. The Balaban J connectivity index is 1.52. The van der Waals surface area contributed by atoms with E-state index in [1.807, 2.05) is 30.3 Å². The Morgan fingerprint density at radius 1 is 1.12 bits per heavy atom.